The standard InChI is InChI=1S/C13H10O3/c1-3-8(2)10-7-9-5-4-6-11(14)12(9)16-13(10)15/h1,4-8,14H,2H3. The number of para-hydroxylation sites is 1. The Labute approximate surface area is 92.3 Å². The lowest BCUT2D eigenvalue weighted by Gasteiger charge is -2.04. The fraction of sp³-hybridized carbons (Fsp3) is 0.154. The zero-order chi connectivity index (χ0) is 11.7. The van der Waals surface area contributed by atoms with Crippen molar-refractivity contribution in [3.63, 3.8) is 0 Å². The Balaban J connectivity index is 2.79. The summed E-state index contributed by atoms with van der Waals surface area (Å²) in [6, 6.07) is 6.56. The van der Waals surface area contributed by atoms with Crippen LogP contribution in [0.5, 0.6) is 5.75 Å². The molecule has 2 aromatic rings. The van der Waals surface area contributed by atoms with Gasteiger partial charge < -0.3 is 9.52 Å². The van der Waals surface area contributed by atoms with Crippen LogP contribution < -0.4 is 5.63 Å². The number of phenolic OH excluding ortho intramolecular Hbond substituents is 1. The lowest BCUT2D eigenvalue weighted by molar-refractivity contribution is 0.455. The molecule has 0 aliphatic heterocycles. The maximum Gasteiger partial charge on any atom is 0.340 e. The predicted octanol–water partition coefficient (Wildman–Crippen LogP) is 2.24. The summed E-state index contributed by atoms with van der Waals surface area (Å²) in [6.07, 6.45) is 5.27. The molecule has 1 aromatic carbocycles. The number of phenols is 1. The van der Waals surface area contributed by atoms with E-state index < -0.39 is 5.63 Å². The second-order valence-corrected chi connectivity index (χ2v) is 3.57. The molecule has 0 bridgehead atoms. The van der Waals surface area contributed by atoms with Gasteiger partial charge in [-0.1, -0.05) is 18.1 Å². The third-order valence-corrected chi connectivity index (χ3v) is 2.48. The summed E-state index contributed by atoms with van der Waals surface area (Å²) >= 11 is 0. The highest BCUT2D eigenvalue weighted by Gasteiger charge is 2.11. The first-order valence-electron chi connectivity index (χ1n) is 4.85. The largest absolute Gasteiger partial charge is 0.504 e. The summed E-state index contributed by atoms with van der Waals surface area (Å²) in [5.41, 5.74) is 0.125. The molecule has 3 heteroatoms. The summed E-state index contributed by atoms with van der Waals surface area (Å²) < 4.78 is 5.05. The van der Waals surface area contributed by atoms with Gasteiger partial charge in [0.15, 0.2) is 11.3 Å². The molecule has 0 saturated heterocycles. The maximum atomic E-state index is 11.6. The normalized spacial score (nSPS) is 12.2. The number of fused-ring (bicyclic) bond motifs is 1. The molecule has 1 heterocycles. The third-order valence-electron chi connectivity index (χ3n) is 2.48. The van der Waals surface area contributed by atoms with Gasteiger partial charge in [0.1, 0.15) is 0 Å². The average Bonchev–Trinajstić information content (AvgIpc) is 2.29. The summed E-state index contributed by atoms with van der Waals surface area (Å²) in [5.74, 6) is 2.13. The second kappa shape index (κ2) is 3.74. The first kappa shape index (κ1) is 10.3. The first-order valence-corrected chi connectivity index (χ1v) is 4.85. The van der Waals surface area contributed by atoms with Gasteiger partial charge in [0.2, 0.25) is 0 Å². The molecule has 0 fully saturated rings. The van der Waals surface area contributed by atoms with Crippen molar-refractivity contribution in [1.82, 2.24) is 0 Å². The van der Waals surface area contributed by atoms with Gasteiger partial charge in [0.25, 0.3) is 0 Å². The van der Waals surface area contributed by atoms with Crippen LogP contribution in [0.15, 0.2) is 33.5 Å². The van der Waals surface area contributed by atoms with Crippen molar-refractivity contribution in [1.29, 1.82) is 0 Å². The molecule has 0 aliphatic carbocycles. The van der Waals surface area contributed by atoms with Crippen LogP contribution >= 0.6 is 0 Å². The van der Waals surface area contributed by atoms with Gasteiger partial charge in [0, 0.05) is 11.3 Å². The van der Waals surface area contributed by atoms with Crippen LogP contribution in [0.1, 0.15) is 18.4 Å². The van der Waals surface area contributed by atoms with E-state index in [1.165, 1.54) is 6.07 Å². The number of hydrogen-bond acceptors (Lipinski definition) is 3. The highest BCUT2D eigenvalue weighted by atomic mass is 16.4. The quantitative estimate of drug-likeness (QED) is 0.585. The molecule has 2 rings (SSSR count). The van der Waals surface area contributed by atoms with Gasteiger partial charge in [0.05, 0.1) is 5.56 Å². The maximum absolute atomic E-state index is 11.6. The fourth-order valence-corrected chi connectivity index (χ4v) is 1.54. The minimum absolute atomic E-state index is 0.0467. The van der Waals surface area contributed by atoms with Crippen molar-refractivity contribution >= 4 is 11.0 Å². The van der Waals surface area contributed by atoms with Crippen LogP contribution in [-0.2, 0) is 0 Å². The monoisotopic (exact) mass is 214 g/mol. The zero-order valence-corrected chi connectivity index (χ0v) is 8.73. The van der Waals surface area contributed by atoms with Crippen LogP contribution in [0.25, 0.3) is 11.0 Å². The van der Waals surface area contributed by atoms with Gasteiger partial charge in [-0.25, -0.2) is 4.79 Å². The Kier molecular flexibility index (Phi) is 2.41. The second-order valence-electron chi connectivity index (χ2n) is 3.57. The molecule has 0 aliphatic rings. The van der Waals surface area contributed by atoms with Crippen molar-refractivity contribution in [3.8, 4) is 18.1 Å². The number of rotatable bonds is 1. The van der Waals surface area contributed by atoms with Gasteiger partial charge >= 0.3 is 5.63 Å². The minimum atomic E-state index is -0.501. The topological polar surface area (TPSA) is 50.4 Å². The summed E-state index contributed by atoms with van der Waals surface area (Å²) in [4.78, 5) is 11.6. The zero-order valence-electron chi connectivity index (χ0n) is 8.73. The first-order chi connectivity index (χ1) is 7.63. The Morgan fingerprint density at radius 1 is 1.50 bits per heavy atom. The third kappa shape index (κ3) is 1.55. The van der Waals surface area contributed by atoms with E-state index in [1.54, 1.807) is 25.1 Å². The molecule has 80 valence electrons. The number of aromatic hydroxyl groups is 1. The molecule has 1 unspecified atom stereocenters. The van der Waals surface area contributed by atoms with E-state index in [0.29, 0.717) is 10.9 Å². The van der Waals surface area contributed by atoms with Gasteiger partial charge in [-0.3, -0.25) is 0 Å². The minimum Gasteiger partial charge on any atom is -0.504 e. The fourth-order valence-electron chi connectivity index (χ4n) is 1.54. The van der Waals surface area contributed by atoms with E-state index in [1.807, 2.05) is 0 Å². The molecule has 1 atom stereocenters. The number of hydrogen-bond donors (Lipinski definition) is 1. The Morgan fingerprint density at radius 3 is 2.94 bits per heavy atom. The Bertz CT molecular complexity index is 632. The van der Waals surface area contributed by atoms with E-state index in [9.17, 15) is 9.90 Å². The van der Waals surface area contributed by atoms with Gasteiger partial charge in [-0.2, -0.15) is 0 Å². The van der Waals surface area contributed by atoms with E-state index >= 15 is 0 Å². The van der Waals surface area contributed by atoms with Crippen LogP contribution in [0.2, 0.25) is 0 Å². The van der Waals surface area contributed by atoms with Crippen molar-refractivity contribution in [2.75, 3.05) is 0 Å². The van der Waals surface area contributed by atoms with E-state index in [2.05, 4.69) is 5.92 Å². The molecular weight excluding hydrogens is 204 g/mol. The molecule has 16 heavy (non-hydrogen) atoms. The van der Waals surface area contributed by atoms with Crippen LogP contribution in [0, 0.1) is 12.3 Å². The Morgan fingerprint density at radius 2 is 2.25 bits per heavy atom. The summed E-state index contributed by atoms with van der Waals surface area (Å²) in [7, 11) is 0. The van der Waals surface area contributed by atoms with E-state index in [-0.39, 0.29) is 17.3 Å². The summed E-state index contributed by atoms with van der Waals surface area (Å²) in [5, 5.41) is 10.2. The molecule has 0 amide bonds. The molecule has 3 nitrogen and oxygen atoms in total. The smallest absolute Gasteiger partial charge is 0.340 e. The molecule has 1 aromatic heterocycles. The molecule has 0 saturated carbocycles. The summed E-state index contributed by atoms with van der Waals surface area (Å²) in [6.45, 7) is 1.75. The van der Waals surface area contributed by atoms with Crippen molar-refractivity contribution in [2.24, 2.45) is 0 Å². The van der Waals surface area contributed by atoms with Crippen molar-refractivity contribution in [2.45, 2.75) is 12.8 Å². The van der Waals surface area contributed by atoms with Crippen LogP contribution in [-0.4, -0.2) is 5.11 Å². The van der Waals surface area contributed by atoms with Crippen LogP contribution in [0.4, 0.5) is 0 Å². The van der Waals surface area contributed by atoms with Crippen molar-refractivity contribution < 1.29 is 9.52 Å². The molecular formula is C13H10O3. The lowest BCUT2D eigenvalue weighted by Crippen LogP contribution is -2.09. The highest BCUT2D eigenvalue weighted by Crippen LogP contribution is 2.24. The van der Waals surface area contributed by atoms with E-state index in [0.717, 1.165) is 0 Å². The number of terminal acetylenes is 1. The van der Waals surface area contributed by atoms with Gasteiger partial charge in [-0.05, 0) is 19.1 Å². The van der Waals surface area contributed by atoms with Crippen LogP contribution in [0.3, 0.4) is 0 Å². The molecule has 1 N–H and O–H groups in total. The van der Waals surface area contributed by atoms with Crippen molar-refractivity contribution in [3.05, 3.63) is 40.2 Å². The number of benzene rings is 1. The SMILES string of the molecule is C#CC(C)c1cc2cccc(O)c2oc1=O. The highest BCUT2D eigenvalue weighted by molar-refractivity contribution is 5.82. The lowest BCUT2D eigenvalue weighted by atomic mass is 10.0. The Hall–Kier alpha value is -2.21. The average molecular weight is 214 g/mol. The van der Waals surface area contributed by atoms with E-state index in [4.69, 9.17) is 10.8 Å². The van der Waals surface area contributed by atoms with Gasteiger partial charge in [-0.15, -0.1) is 6.42 Å². The predicted molar refractivity (Wildman–Crippen MR) is 61.4 cm³/mol. The molecule has 0 spiro atoms. The molecule has 0 radical (unpaired) electrons.